The first kappa shape index (κ1) is 22.2. The van der Waals surface area contributed by atoms with E-state index in [0.717, 1.165) is 45.1 Å². The number of likely N-dealkylation sites (tertiary alicyclic amines) is 1. The Hall–Kier alpha value is 0.220. The Morgan fingerprint density at radius 1 is 0.955 bits per heavy atom. The molecule has 3 aliphatic rings. The quantitative estimate of drug-likeness (QED) is 0.766. The molecular formula is C14H29Cl3N4O. The highest BCUT2D eigenvalue weighted by atomic mass is 35.5. The van der Waals surface area contributed by atoms with Gasteiger partial charge in [0.2, 0.25) is 5.91 Å². The van der Waals surface area contributed by atoms with Gasteiger partial charge in [0.1, 0.15) is 0 Å². The predicted molar refractivity (Wildman–Crippen MR) is 96.8 cm³/mol. The van der Waals surface area contributed by atoms with E-state index < -0.39 is 0 Å². The van der Waals surface area contributed by atoms with E-state index in [0.29, 0.717) is 12.6 Å². The van der Waals surface area contributed by atoms with Crippen molar-refractivity contribution in [3.05, 3.63) is 0 Å². The summed E-state index contributed by atoms with van der Waals surface area (Å²) in [4.78, 5) is 16.9. The van der Waals surface area contributed by atoms with E-state index in [4.69, 9.17) is 0 Å². The molecule has 2 heterocycles. The molecule has 0 radical (unpaired) electrons. The summed E-state index contributed by atoms with van der Waals surface area (Å²) in [5, 5.41) is 6.53. The fraction of sp³-hybridized carbons (Fsp3) is 0.929. The Balaban J connectivity index is 0.00000147. The summed E-state index contributed by atoms with van der Waals surface area (Å²) in [5.41, 5.74) is 0. The van der Waals surface area contributed by atoms with Gasteiger partial charge in [-0.3, -0.25) is 9.69 Å². The van der Waals surface area contributed by atoms with Crippen LogP contribution in [0.25, 0.3) is 0 Å². The third kappa shape index (κ3) is 6.77. The fourth-order valence-corrected chi connectivity index (χ4v) is 3.19. The first-order valence-electron chi connectivity index (χ1n) is 7.78. The van der Waals surface area contributed by atoms with Crippen molar-refractivity contribution in [1.82, 2.24) is 20.4 Å². The van der Waals surface area contributed by atoms with Gasteiger partial charge in [0.25, 0.3) is 0 Å². The second kappa shape index (κ2) is 10.9. The molecule has 0 spiro atoms. The number of piperidine rings is 1. The maximum absolute atomic E-state index is 12.0. The van der Waals surface area contributed by atoms with Crippen LogP contribution >= 0.6 is 37.2 Å². The molecule has 0 aromatic carbocycles. The Morgan fingerprint density at radius 2 is 1.55 bits per heavy atom. The van der Waals surface area contributed by atoms with Crippen molar-refractivity contribution in [2.75, 3.05) is 45.8 Å². The predicted octanol–water partition coefficient (Wildman–Crippen LogP) is 0.900. The first-order chi connectivity index (χ1) is 9.31. The van der Waals surface area contributed by atoms with Gasteiger partial charge in [0, 0.05) is 51.4 Å². The molecule has 0 bridgehead atoms. The summed E-state index contributed by atoms with van der Waals surface area (Å²) in [6.07, 6.45) is 5.04. The molecule has 132 valence electrons. The van der Waals surface area contributed by atoms with Crippen molar-refractivity contribution >= 4 is 43.1 Å². The normalized spacial score (nSPS) is 23.6. The lowest BCUT2D eigenvalue weighted by Gasteiger charge is -2.33. The zero-order valence-electron chi connectivity index (χ0n) is 13.0. The van der Waals surface area contributed by atoms with Gasteiger partial charge in [-0.05, 0) is 25.7 Å². The Kier molecular flexibility index (Phi) is 11.0. The van der Waals surface area contributed by atoms with E-state index in [1.165, 1.54) is 25.9 Å². The standard InChI is InChI=1S/C14H26N4O.3ClH/c19-14(11-17-9-5-15-6-10-17)16-12-3-7-18(8-4-12)13-1-2-13;;;/h12-13,15H,1-11H2,(H,16,19);3*1H. The van der Waals surface area contributed by atoms with Crippen molar-refractivity contribution in [3.63, 3.8) is 0 Å². The number of nitrogens with zero attached hydrogens (tertiary/aromatic N) is 2. The zero-order valence-corrected chi connectivity index (χ0v) is 15.4. The van der Waals surface area contributed by atoms with E-state index in [1.807, 2.05) is 0 Å². The van der Waals surface area contributed by atoms with Gasteiger partial charge < -0.3 is 15.5 Å². The maximum atomic E-state index is 12.0. The number of piperazine rings is 1. The van der Waals surface area contributed by atoms with Gasteiger partial charge in [0.15, 0.2) is 0 Å². The minimum Gasteiger partial charge on any atom is -0.352 e. The van der Waals surface area contributed by atoms with Gasteiger partial charge in [-0.1, -0.05) is 0 Å². The van der Waals surface area contributed by atoms with Crippen molar-refractivity contribution < 1.29 is 4.79 Å². The SMILES string of the molecule is Cl.Cl.Cl.O=C(CN1CCNCC1)NC1CCN(C2CC2)CC1. The Labute approximate surface area is 152 Å². The number of hydrogen-bond donors (Lipinski definition) is 2. The molecule has 0 atom stereocenters. The Morgan fingerprint density at radius 3 is 2.09 bits per heavy atom. The maximum Gasteiger partial charge on any atom is 0.234 e. The van der Waals surface area contributed by atoms with Gasteiger partial charge >= 0.3 is 0 Å². The molecule has 22 heavy (non-hydrogen) atoms. The molecule has 5 nitrogen and oxygen atoms in total. The van der Waals surface area contributed by atoms with Crippen LogP contribution in [0.2, 0.25) is 0 Å². The first-order valence-corrected chi connectivity index (χ1v) is 7.78. The van der Waals surface area contributed by atoms with Gasteiger partial charge in [-0.2, -0.15) is 0 Å². The van der Waals surface area contributed by atoms with E-state index in [2.05, 4.69) is 20.4 Å². The smallest absolute Gasteiger partial charge is 0.234 e. The van der Waals surface area contributed by atoms with Crippen LogP contribution < -0.4 is 10.6 Å². The molecule has 3 rings (SSSR count). The lowest BCUT2D eigenvalue weighted by molar-refractivity contribution is -0.123. The highest BCUT2D eigenvalue weighted by Gasteiger charge is 2.32. The van der Waals surface area contributed by atoms with E-state index in [9.17, 15) is 4.79 Å². The average Bonchev–Trinajstić information content (AvgIpc) is 3.25. The molecule has 0 aromatic heterocycles. The van der Waals surface area contributed by atoms with Gasteiger partial charge in [0.05, 0.1) is 6.54 Å². The van der Waals surface area contributed by atoms with Gasteiger partial charge in [-0.15, -0.1) is 37.2 Å². The van der Waals surface area contributed by atoms with Crippen LogP contribution in [0.4, 0.5) is 0 Å². The minimum atomic E-state index is 0. The monoisotopic (exact) mass is 374 g/mol. The van der Waals surface area contributed by atoms with Crippen molar-refractivity contribution in [2.24, 2.45) is 0 Å². The molecule has 1 saturated carbocycles. The molecule has 2 saturated heterocycles. The second-order valence-electron chi connectivity index (χ2n) is 6.14. The fourth-order valence-electron chi connectivity index (χ4n) is 3.19. The van der Waals surface area contributed by atoms with E-state index in [-0.39, 0.29) is 43.1 Å². The molecule has 1 aliphatic carbocycles. The summed E-state index contributed by atoms with van der Waals surface area (Å²) < 4.78 is 0. The van der Waals surface area contributed by atoms with Crippen LogP contribution in [0.15, 0.2) is 0 Å². The third-order valence-electron chi connectivity index (χ3n) is 4.53. The van der Waals surface area contributed by atoms with E-state index in [1.54, 1.807) is 0 Å². The average molecular weight is 376 g/mol. The zero-order chi connectivity index (χ0) is 13.1. The molecule has 0 aromatic rings. The molecule has 0 unspecified atom stereocenters. The second-order valence-corrected chi connectivity index (χ2v) is 6.14. The molecule has 2 N–H and O–H groups in total. The molecule has 3 fully saturated rings. The van der Waals surface area contributed by atoms with Crippen molar-refractivity contribution in [1.29, 1.82) is 0 Å². The highest BCUT2D eigenvalue weighted by Crippen LogP contribution is 2.29. The topological polar surface area (TPSA) is 47.6 Å². The van der Waals surface area contributed by atoms with Crippen LogP contribution in [0, 0.1) is 0 Å². The summed E-state index contributed by atoms with van der Waals surface area (Å²) in [6, 6.07) is 1.28. The van der Waals surface area contributed by atoms with Crippen LogP contribution in [0.3, 0.4) is 0 Å². The van der Waals surface area contributed by atoms with E-state index >= 15 is 0 Å². The summed E-state index contributed by atoms with van der Waals surface area (Å²) in [6.45, 7) is 6.91. The Bertz CT molecular complexity index is 317. The summed E-state index contributed by atoms with van der Waals surface area (Å²) in [7, 11) is 0. The number of amides is 1. The number of hydrogen-bond acceptors (Lipinski definition) is 4. The minimum absolute atomic E-state index is 0. The summed E-state index contributed by atoms with van der Waals surface area (Å²) >= 11 is 0. The summed E-state index contributed by atoms with van der Waals surface area (Å²) in [5.74, 6) is 0.215. The molecule has 1 amide bonds. The lowest BCUT2D eigenvalue weighted by atomic mass is 10.0. The number of halogens is 3. The highest BCUT2D eigenvalue weighted by molar-refractivity contribution is 5.86. The number of nitrogens with one attached hydrogen (secondary N) is 2. The van der Waals surface area contributed by atoms with Gasteiger partial charge in [-0.25, -0.2) is 0 Å². The lowest BCUT2D eigenvalue weighted by Crippen LogP contribution is -2.51. The van der Waals surface area contributed by atoms with Crippen molar-refractivity contribution in [3.8, 4) is 0 Å². The van der Waals surface area contributed by atoms with Crippen LogP contribution in [0.5, 0.6) is 0 Å². The van der Waals surface area contributed by atoms with Crippen molar-refractivity contribution in [2.45, 2.75) is 37.8 Å². The van der Waals surface area contributed by atoms with Crippen LogP contribution in [-0.2, 0) is 4.79 Å². The number of carbonyl (C=O) groups is 1. The molecule has 8 heteroatoms. The van der Waals surface area contributed by atoms with Crippen LogP contribution in [-0.4, -0.2) is 73.6 Å². The number of rotatable bonds is 4. The third-order valence-corrected chi connectivity index (χ3v) is 4.53. The largest absolute Gasteiger partial charge is 0.352 e. The molecule has 2 aliphatic heterocycles. The number of carbonyl (C=O) groups excluding carboxylic acids is 1. The molecular weight excluding hydrogens is 347 g/mol. The van der Waals surface area contributed by atoms with Crippen LogP contribution in [0.1, 0.15) is 25.7 Å².